The minimum Gasteiger partial charge on any atom is -0.370 e. The average Bonchev–Trinajstić information content (AvgIpc) is 2.70. The van der Waals surface area contributed by atoms with Crippen LogP contribution in [0.5, 0.6) is 0 Å². The molecule has 16 heavy (non-hydrogen) atoms. The monoisotopic (exact) mass is 224 g/mol. The molecule has 1 heterocycles. The van der Waals surface area contributed by atoms with Crippen LogP contribution in [0.3, 0.4) is 0 Å². The first kappa shape index (κ1) is 11.7. The summed E-state index contributed by atoms with van der Waals surface area (Å²) >= 11 is 0. The molecular weight excluding hydrogens is 200 g/mol. The minimum atomic E-state index is 0.480. The summed E-state index contributed by atoms with van der Waals surface area (Å²) in [7, 11) is 2.16. The SMILES string of the molecule is CN1CCCC(NC(N)=NC2CCCC2)C1. The molecule has 4 heteroatoms. The van der Waals surface area contributed by atoms with Crippen LogP contribution in [-0.2, 0) is 0 Å². The number of likely N-dealkylation sites (tertiary alicyclic amines) is 1. The Morgan fingerprint density at radius 3 is 2.69 bits per heavy atom. The molecule has 4 nitrogen and oxygen atoms in total. The van der Waals surface area contributed by atoms with Gasteiger partial charge in [-0.15, -0.1) is 0 Å². The zero-order chi connectivity index (χ0) is 11.4. The van der Waals surface area contributed by atoms with Crippen LogP contribution in [0.4, 0.5) is 0 Å². The number of likely N-dealkylation sites (N-methyl/N-ethyl adjacent to an activating group) is 1. The van der Waals surface area contributed by atoms with Gasteiger partial charge in [0.1, 0.15) is 0 Å². The van der Waals surface area contributed by atoms with E-state index in [4.69, 9.17) is 5.73 Å². The van der Waals surface area contributed by atoms with Crippen LogP contribution in [0.15, 0.2) is 4.99 Å². The van der Waals surface area contributed by atoms with Crippen LogP contribution in [0.2, 0.25) is 0 Å². The number of nitrogens with two attached hydrogens (primary N) is 1. The van der Waals surface area contributed by atoms with Crippen molar-refractivity contribution >= 4 is 5.96 Å². The minimum absolute atomic E-state index is 0.480. The Morgan fingerprint density at radius 1 is 1.25 bits per heavy atom. The van der Waals surface area contributed by atoms with E-state index >= 15 is 0 Å². The lowest BCUT2D eigenvalue weighted by molar-refractivity contribution is 0.240. The first-order valence-corrected chi connectivity index (χ1v) is 6.52. The summed E-state index contributed by atoms with van der Waals surface area (Å²) in [6.45, 7) is 2.29. The zero-order valence-corrected chi connectivity index (χ0v) is 10.3. The highest BCUT2D eigenvalue weighted by molar-refractivity contribution is 5.78. The molecule has 0 spiro atoms. The van der Waals surface area contributed by atoms with Gasteiger partial charge in [0.25, 0.3) is 0 Å². The molecule has 1 aliphatic carbocycles. The lowest BCUT2D eigenvalue weighted by atomic mass is 10.1. The van der Waals surface area contributed by atoms with Gasteiger partial charge in [-0.3, -0.25) is 4.99 Å². The van der Waals surface area contributed by atoms with Gasteiger partial charge in [0.05, 0.1) is 6.04 Å². The number of nitrogens with one attached hydrogen (secondary N) is 1. The van der Waals surface area contributed by atoms with E-state index in [1.165, 1.54) is 45.1 Å². The van der Waals surface area contributed by atoms with Crippen molar-refractivity contribution in [2.24, 2.45) is 10.7 Å². The third-order valence-electron chi connectivity index (χ3n) is 3.62. The molecule has 1 unspecified atom stereocenters. The molecule has 2 fully saturated rings. The average molecular weight is 224 g/mol. The van der Waals surface area contributed by atoms with Gasteiger partial charge >= 0.3 is 0 Å². The summed E-state index contributed by atoms with van der Waals surface area (Å²) in [6, 6.07) is 0.970. The molecule has 1 saturated carbocycles. The fourth-order valence-corrected chi connectivity index (χ4v) is 2.76. The van der Waals surface area contributed by atoms with E-state index in [1.807, 2.05) is 0 Å². The summed E-state index contributed by atoms with van der Waals surface area (Å²) in [6.07, 6.45) is 7.53. The van der Waals surface area contributed by atoms with Crippen molar-refractivity contribution in [3.05, 3.63) is 0 Å². The van der Waals surface area contributed by atoms with Crippen molar-refractivity contribution < 1.29 is 0 Å². The van der Waals surface area contributed by atoms with Gasteiger partial charge in [0, 0.05) is 12.6 Å². The van der Waals surface area contributed by atoms with Gasteiger partial charge in [-0.2, -0.15) is 0 Å². The van der Waals surface area contributed by atoms with Crippen LogP contribution in [0, 0.1) is 0 Å². The van der Waals surface area contributed by atoms with E-state index in [0.717, 1.165) is 6.54 Å². The topological polar surface area (TPSA) is 53.6 Å². The largest absolute Gasteiger partial charge is 0.370 e. The maximum absolute atomic E-state index is 5.95. The number of nitrogens with zero attached hydrogens (tertiary/aromatic N) is 2. The molecule has 1 atom stereocenters. The van der Waals surface area contributed by atoms with E-state index in [-0.39, 0.29) is 0 Å². The Morgan fingerprint density at radius 2 is 2.00 bits per heavy atom. The fraction of sp³-hybridized carbons (Fsp3) is 0.917. The van der Waals surface area contributed by atoms with E-state index < -0.39 is 0 Å². The van der Waals surface area contributed by atoms with Crippen molar-refractivity contribution in [2.75, 3.05) is 20.1 Å². The van der Waals surface area contributed by atoms with Crippen molar-refractivity contribution in [1.29, 1.82) is 0 Å². The Kier molecular flexibility index (Phi) is 4.04. The molecule has 2 aliphatic rings. The molecule has 2 rings (SSSR count). The molecule has 92 valence electrons. The van der Waals surface area contributed by atoms with Gasteiger partial charge in [-0.25, -0.2) is 0 Å². The summed E-state index contributed by atoms with van der Waals surface area (Å²) in [4.78, 5) is 6.91. The second-order valence-corrected chi connectivity index (χ2v) is 5.20. The van der Waals surface area contributed by atoms with Crippen LogP contribution in [0.25, 0.3) is 0 Å². The molecule has 1 saturated heterocycles. The van der Waals surface area contributed by atoms with Gasteiger partial charge in [-0.1, -0.05) is 12.8 Å². The summed E-state index contributed by atoms with van der Waals surface area (Å²) in [5, 5.41) is 3.36. The highest BCUT2D eigenvalue weighted by Gasteiger charge is 2.18. The number of guanidine groups is 1. The summed E-state index contributed by atoms with van der Waals surface area (Å²) < 4.78 is 0. The number of rotatable bonds is 2. The number of hydrogen-bond acceptors (Lipinski definition) is 2. The first-order chi connectivity index (χ1) is 7.74. The van der Waals surface area contributed by atoms with Crippen LogP contribution in [0.1, 0.15) is 38.5 Å². The van der Waals surface area contributed by atoms with Crippen molar-refractivity contribution in [1.82, 2.24) is 10.2 Å². The Balaban J connectivity index is 1.78. The fourth-order valence-electron chi connectivity index (χ4n) is 2.76. The second kappa shape index (κ2) is 5.53. The molecule has 0 bridgehead atoms. The van der Waals surface area contributed by atoms with Crippen molar-refractivity contribution in [3.63, 3.8) is 0 Å². The van der Waals surface area contributed by atoms with Gasteiger partial charge < -0.3 is 16.0 Å². The molecular formula is C12H24N4. The predicted octanol–water partition coefficient (Wildman–Crippen LogP) is 0.928. The van der Waals surface area contributed by atoms with Crippen molar-refractivity contribution in [3.8, 4) is 0 Å². The molecule has 0 aromatic rings. The molecule has 0 aromatic heterocycles. The Bertz CT molecular complexity index is 245. The highest BCUT2D eigenvalue weighted by Crippen LogP contribution is 2.20. The third kappa shape index (κ3) is 3.37. The summed E-state index contributed by atoms with van der Waals surface area (Å²) in [5.41, 5.74) is 5.95. The number of piperidine rings is 1. The zero-order valence-electron chi connectivity index (χ0n) is 10.3. The number of aliphatic imine (C=N–C) groups is 1. The maximum Gasteiger partial charge on any atom is 0.189 e. The van der Waals surface area contributed by atoms with Crippen LogP contribution in [-0.4, -0.2) is 43.1 Å². The normalized spacial score (nSPS) is 29.6. The molecule has 0 radical (unpaired) electrons. The standard InChI is InChI=1S/C12H24N4/c1-16-8-4-7-11(9-16)15-12(13)14-10-5-2-3-6-10/h10-11H,2-9H2,1H3,(H3,13,14,15). The molecule has 0 aromatic carbocycles. The Labute approximate surface area is 98.3 Å². The first-order valence-electron chi connectivity index (χ1n) is 6.52. The Hall–Kier alpha value is -0.770. The van der Waals surface area contributed by atoms with Crippen molar-refractivity contribution in [2.45, 2.75) is 50.6 Å². The van der Waals surface area contributed by atoms with E-state index in [9.17, 15) is 0 Å². The van der Waals surface area contributed by atoms with Gasteiger partial charge in [-0.05, 0) is 39.3 Å². The lowest BCUT2D eigenvalue weighted by Crippen LogP contribution is -2.49. The molecule has 1 aliphatic heterocycles. The van der Waals surface area contributed by atoms with E-state index in [2.05, 4.69) is 22.3 Å². The van der Waals surface area contributed by atoms with Crippen LogP contribution >= 0.6 is 0 Å². The smallest absolute Gasteiger partial charge is 0.189 e. The second-order valence-electron chi connectivity index (χ2n) is 5.20. The maximum atomic E-state index is 5.95. The number of hydrogen-bond donors (Lipinski definition) is 2. The highest BCUT2D eigenvalue weighted by atomic mass is 15.2. The molecule has 0 amide bonds. The summed E-state index contributed by atoms with van der Waals surface area (Å²) in [5.74, 6) is 0.659. The van der Waals surface area contributed by atoms with Crippen LogP contribution < -0.4 is 11.1 Å². The van der Waals surface area contributed by atoms with E-state index in [1.54, 1.807) is 0 Å². The lowest BCUT2D eigenvalue weighted by Gasteiger charge is -2.30. The van der Waals surface area contributed by atoms with E-state index in [0.29, 0.717) is 18.0 Å². The predicted molar refractivity (Wildman–Crippen MR) is 67.5 cm³/mol. The quantitative estimate of drug-likeness (QED) is 0.542. The third-order valence-corrected chi connectivity index (χ3v) is 3.62. The molecule has 3 N–H and O–H groups in total. The van der Waals surface area contributed by atoms with Gasteiger partial charge in [0.2, 0.25) is 0 Å². The van der Waals surface area contributed by atoms with Gasteiger partial charge in [0.15, 0.2) is 5.96 Å².